The third-order valence-electron chi connectivity index (χ3n) is 3.58. The lowest BCUT2D eigenvalue weighted by Gasteiger charge is -2.04. The van der Waals surface area contributed by atoms with E-state index in [-0.39, 0.29) is 22.7 Å². The van der Waals surface area contributed by atoms with Gasteiger partial charge in [-0.25, -0.2) is 17.5 Å². The minimum atomic E-state index is -3.71. The van der Waals surface area contributed by atoms with Crippen LogP contribution in [0, 0.1) is 5.82 Å². The van der Waals surface area contributed by atoms with E-state index in [0.717, 1.165) is 18.4 Å². The van der Waals surface area contributed by atoms with Gasteiger partial charge in [-0.05, 0) is 49.1 Å². The number of carbonyl (C=O) groups is 1. The van der Waals surface area contributed by atoms with Gasteiger partial charge in [0, 0.05) is 12.6 Å². The topological polar surface area (TPSA) is 88.4 Å². The Balaban J connectivity index is 1.54. The van der Waals surface area contributed by atoms with E-state index in [1.165, 1.54) is 24.3 Å². The van der Waals surface area contributed by atoms with Gasteiger partial charge in [-0.2, -0.15) is 0 Å². The number of sulfonamides is 1. The van der Waals surface area contributed by atoms with Crippen molar-refractivity contribution in [2.75, 3.05) is 6.54 Å². The zero-order valence-electron chi connectivity index (χ0n) is 12.8. The van der Waals surface area contributed by atoms with E-state index in [1.54, 1.807) is 12.1 Å². The molecular weight excluding hydrogens is 335 g/mol. The highest BCUT2D eigenvalue weighted by atomic mass is 32.2. The van der Waals surface area contributed by atoms with Crippen LogP contribution in [0.25, 0.3) is 0 Å². The SMILES string of the molecule is O=C(NCCc1ccc(F)cc1)c1ccc(S(=O)(=O)NC2CC2)o1. The summed E-state index contributed by atoms with van der Waals surface area (Å²) in [5, 5.41) is 2.37. The van der Waals surface area contributed by atoms with Gasteiger partial charge < -0.3 is 9.73 Å². The summed E-state index contributed by atoms with van der Waals surface area (Å²) < 4.78 is 44.4. The van der Waals surface area contributed by atoms with Crippen LogP contribution >= 0.6 is 0 Å². The molecule has 0 atom stereocenters. The summed E-state index contributed by atoms with van der Waals surface area (Å²) in [6.45, 7) is 0.327. The molecule has 1 amide bonds. The van der Waals surface area contributed by atoms with Crippen LogP contribution < -0.4 is 10.0 Å². The van der Waals surface area contributed by atoms with E-state index in [9.17, 15) is 17.6 Å². The second-order valence-electron chi connectivity index (χ2n) is 5.65. The van der Waals surface area contributed by atoms with E-state index in [0.29, 0.717) is 13.0 Å². The molecule has 1 aromatic heterocycles. The van der Waals surface area contributed by atoms with E-state index in [4.69, 9.17) is 4.42 Å². The molecule has 1 aliphatic rings. The normalized spacial score (nSPS) is 14.5. The maximum absolute atomic E-state index is 12.8. The standard InChI is InChI=1S/C16H17FN2O4S/c17-12-3-1-11(2-4-12)9-10-18-16(20)14-7-8-15(23-14)24(21,22)19-13-5-6-13/h1-4,7-8,13,19H,5-6,9-10H2,(H,18,20). The van der Waals surface area contributed by atoms with Crippen molar-refractivity contribution in [3.05, 3.63) is 53.5 Å². The number of rotatable bonds is 7. The minimum Gasteiger partial charge on any atom is -0.438 e. The first kappa shape index (κ1) is 16.7. The summed E-state index contributed by atoms with van der Waals surface area (Å²) >= 11 is 0. The van der Waals surface area contributed by atoms with Gasteiger partial charge in [0.1, 0.15) is 5.82 Å². The Bertz CT molecular complexity index is 826. The molecule has 1 heterocycles. The highest BCUT2D eigenvalue weighted by Crippen LogP contribution is 2.23. The highest BCUT2D eigenvalue weighted by molar-refractivity contribution is 7.89. The van der Waals surface area contributed by atoms with Crippen LogP contribution in [0.4, 0.5) is 4.39 Å². The van der Waals surface area contributed by atoms with Crippen LogP contribution in [0.2, 0.25) is 0 Å². The average molecular weight is 352 g/mol. The summed E-state index contributed by atoms with van der Waals surface area (Å²) in [7, 11) is -3.71. The molecule has 1 saturated carbocycles. The van der Waals surface area contributed by atoms with E-state index in [2.05, 4.69) is 10.0 Å². The molecule has 0 bridgehead atoms. The van der Waals surface area contributed by atoms with E-state index < -0.39 is 15.9 Å². The molecule has 0 spiro atoms. The fourth-order valence-electron chi connectivity index (χ4n) is 2.12. The number of furan rings is 1. The molecule has 6 nitrogen and oxygen atoms in total. The first-order chi connectivity index (χ1) is 11.4. The van der Waals surface area contributed by atoms with E-state index >= 15 is 0 Å². The summed E-state index contributed by atoms with van der Waals surface area (Å²) in [6, 6.07) is 8.55. The van der Waals surface area contributed by atoms with Gasteiger partial charge in [0.05, 0.1) is 0 Å². The van der Waals surface area contributed by atoms with Gasteiger partial charge in [-0.3, -0.25) is 4.79 Å². The van der Waals surface area contributed by atoms with Crippen molar-refractivity contribution in [3.63, 3.8) is 0 Å². The lowest BCUT2D eigenvalue weighted by atomic mass is 10.1. The summed E-state index contributed by atoms with van der Waals surface area (Å²) in [5.74, 6) is -0.873. The third kappa shape index (κ3) is 4.21. The van der Waals surface area contributed by atoms with Gasteiger partial charge in [0.25, 0.3) is 15.9 Å². The van der Waals surface area contributed by atoms with Crippen LogP contribution in [-0.4, -0.2) is 26.9 Å². The van der Waals surface area contributed by atoms with Crippen molar-refractivity contribution in [1.82, 2.24) is 10.0 Å². The molecule has 1 aromatic carbocycles. The summed E-state index contributed by atoms with van der Waals surface area (Å²) in [5.41, 5.74) is 0.882. The number of carbonyl (C=O) groups excluding carboxylic acids is 1. The third-order valence-corrected chi connectivity index (χ3v) is 4.97. The Morgan fingerprint density at radius 3 is 2.54 bits per heavy atom. The fourth-order valence-corrected chi connectivity index (χ4v) is 3.36. The number of hydrogen-bond donors (Lipinski definition) is 2. The average Bonchev–Trinajstić information content (AvgIpc) is 3.18. The Kier molecular flexibility index (Phi) is 4.68. The van der Waals surface area contributed by atoms with Crippen LogP contribution in [0.5, 0.6) is 0 Å². The molecule has 1 fully saturated rings. The van der Waals surface area contributed by atoms with Gasteiger partial charge >= 0.3 is 0 Å². The maximum Gasteiger partial charge on any atom is 0.287 e. The zero-order valence-corrected chi connectivity index (χ0v) is 13.6. The molecular formula is C16H17FN2O4S. The van der Waals surface area contributed by atoms with Crippen LogP contribution in [-0.2, 0) is 16.4 Å². The molecule has 3 rings (SSSR count). The molecule has 0 radical (unpaired) electrons. The van der Waals surface area contributed by atoms with Crippen LogP contribution in [0.3, 0.4) is 0 Å². The number of amides is 1. The molecule has 2 aromatic rings. The molecule has 2 N–H and O–H groups in total. The van der Waals surface area contributed by atoms with Gasteiger partial charge in [-0.15, -0.1) is 0 Å². The van der Waals surface area contributed by atoms with E-state index in [1.807, 2.05) is 0 Å². The second kappa shape index (κ2) is 6.74. The maximum atomic E-state index is 12.8. The predicted octanol–water partition coefficient (Wildman–Crippen LogP) is 1.83. The Hall–Kier alpha value is -2.19. The Labute approximate surface area is 139 Å². The first-order valence-electron chi connectivity index (χ1n) is 7.59. The molecule has 128 valence electrons. The largest absolute Gasteiger partial charge is 0.438 e. The lowest BCUT2D eigenvalue weighted by molar-refractivity contribution is 0.0921. The molecule has 8 heteroatoms. The van der Waals surface area contributed by atoms with Gasteiger partial charge in [0.15, 0.2) is 5.76 Å². The summed E-state index contributed by atoms with van der Waals surface area (Å²) in [6.07, 6.45) is 2.16. The van der Waals surface area contributed by atoms with Crippen molar-refractivity contribution < 1.29 is 22.0 Å². The van der Waals surface area contributed by atoms with Gasteiger partial charge in [-0.1, -0.05) is 12.1 Å². The molecule has 0 unspecified atom stereocenters. The number of hydrogen-bond acceptors (Lipinski definition) is 4. The van der Waals surface area contributed by atoms with Crippen LogP contribution in [0.1, 0.15) is 29.0 Å². The van der Waals surface area contributed by atoms with Gasteiger partial charge in [0.2, 0.25) is 5.09 Å². The number of halogens is 1. The first-order valence-corrected chi connectivity index (χ1v) is 9.07. The Morgan fingerprint density at radius 2 is 1.88 bits per heavy atom. The molecule has 24 heavy (non-hydrogen) atoms. The molecule has 0 saturated heterocycles. The number of benzene rings is 1. The lowest BCUT2D eigenvalue weighted by Crippen LogP contribution is -2.26. The predicted molar refractivity (Wildman–Crippen MR) is 84.5 cm³/mol. The van der Waals surface area contributed by atoms with Crippen molar-refractivity contribution in [2.45, 2.75) is 30.4 Å². The van der Waals surface area contributed by atoms with Crippen molar-refractivity contribution in [3.8, 4) is 0 Å². The summed E-state index contributed by atoms with van der Waals surface area (Å²) in [4.78, 5) is 12.0. The smallest absolute Gasteiger partial charge is 0.287 e. The minimum absolute atomic E-state index is 0.0342. The Morgan fingerprint density at radius 1 is 1.17 bits per heavy atom. The van der Waals surface area contributed by atoms with Crippen molar-refractivity contribution >= 4 is 15.9 Å². The molecule has 0 aliphatic heterocycles. The quantitative estimate of drug-likeness (QED) is 0.796. The zero-order chi connectivity index (χ0) is 17.2. The second-order valence-corrected chi connectivity index (χ2v) is 7.29. The van der Waals surface area contributed by atoms with Crippen molar-refractivity contribution in [2.24, 2.45) is 0 Å². The molecule has 1 aliphatic carbocycles. The highest BCUT2D eigenvalue weighted by Gasteiger charge is 2.30. The fraction of sp³-hybridized carbons (Fsp3) is 0.312. The monoisotopic (exact) mass is 352 g/mol. The van der Waals surface area contributed by atoms with Crippen LogP contribution in [0.15, 0.2) is 45.9 Å². The number of nitrogens with one attached hydrogen (secondary N) is 2. The van der Waals surface area contributed by atoms with Crippen molar-refractivity contribution in [1.29, 1.82) is 0 Å².